The highest BCUT2D eigenvalue weighted by Gasteiger charge is 2.28. The van der Waals surface area contributed by atoms with E-state index < -0.39 is 4.92 Å². The first-order valence-corrected chi connectivity index (χ1v) is 6.05. The molecular weight excluding hydrogens is 286 g/mol. The Bertz CT molecular complexity index is 650. The number of halogens is 1. The van der Waals surface area contributed by atoms with Gasteiger partial charge < -0.3 is 4.74 Å². The molecule has 2 aromatic rings. The minimum Gasteiger partial charge on any atom is -0.378 e. The molecule has 0 atom stereocenters. The number of nitrogens with zero attached hydrogens (tertiary/aromatic N) is 5. The molecule has 0 aliphatic rings. The topological polar surface area (TPSA) is 96.0 Å². The molecule has 0 amide bonds. The molecule has 8 nitrogen and oxygen atoms in total. The lowest BCUT2D eigenvalue weighted by atomic mass is 10.4. The van der Waals surface area contributed by atoms with Crippen molar-refractivity contribution >= 4 is 17.3 Å². The quantitative estimate of drug-likeness (QED) is 0.632. The van der Waals surface area contributed by atoms with E-state index in [9.17, 15) is 10.1 Å². The van der Waals surface area contributed by atoms with Crippen LogP contribution in [-0.2, 0) is 11.3 Å². The average Bonchev–Trinajstić information content (AvgIpc) is 2.65. The molecule has 0 saturated heterocycles. The number of hydrogen-bond donors (Lipinski definition) is 0. The summed E-state index contributed by atoms with van der Waals surface area (Å²) in [4.78, 5) is 18.8. The first-order valence-electron chi connectivity index (χ1n) is 5.67. The summed E-state index contributed by atoms with van der Waals surface area (Å²) in [5.41, 5.74) is 1.27. The van der Waals surface area contributed by atoms with Crippen molar-refractivity contribution in [2.75, 3.05) is 7.11 Å². The lowest BCUT2D eigenvalue weighted by Crippen LogP contribution is -2.06. The zero-order valence-corrected chi connectivity index (χ0v) is 11.9. The normalized spacial score (nSPS) is 10.8. The number of hydrogen-bond acceptors (Lipinski definition) is 6. The Labute approximate surface area is 119 Å². The molecule has 0 fully saturated rings. The Morgan fingerprint density at radius 2 is 2.00 bits per heavy atom. The highest BCUT2D eigenvalue weighted by molar-refractivity contribution is 6.32. The van der Waals surface area contributed by atoms with Crippen molar-refractivity contribution in [3.63, 3.8) is 0 Å². The van der Waals surface area contributed by atoms with Gasteiger partial charge in [0, 0.05) is 18.5 Å². The van der Waals surface area contributed by atoms with Crippen LogP contribution in [0.5, 0.6) is 0 Å². The summed E-state index contributed by atoms with van der Waals surface area (Å²) < 4.78 is 6.04. The lowest BCUT2D eigenvalue weighted by molar-refractivity contribution is -0.385. The second kappa shape index (κ2) is 5.51. The number of rotatable bonds is 4. The number of aryl methyl sites for hydroxylation is 2. The van der Waals surface area contributed by atoms with Gasteiger partial charge in [0.2, 0.25) is 5.15 Å². The Hall–Kier alpha value is -2.06. The summed E-state index contributed by atoms with van der Waals surface area (Å²) >= 11 is 6.02. The Kier molecular flexibility index (Phi) is 3.96. The van der Waals surface area contributed by atoms with Gasteiger partial charge in [-0.3, -0.25) is 10.1 Å². The van der Waals surface area contributed by atoms with Crippen LogP contribution in [0.3, 0.4) is 0 Å². The molecule has 0 aliphatic heterocycles. The molecule has 0 bridgehead atoms. The zero-order valence-electron chi connectivity index (χ0n) is 11.1. The van der Waals surface area contributed by atoms with E-state index in [1.165, 1.54) is 7.11 Å². The van der Waals surface area contributed by atoms with E-state index in [-0.39, 0.29) is 29.1 Å². The van der Waals surface area contributed by atoms with E-state index in [2.05, 4.69) is 15.1 Å². The maximum absolute atomic E-state index is 11.1. The van der Waals surface area contributed by atoms with Crippen LogP contribution in [0.1, 0.15) is 17.1 Å². The number of methoxy groups -OCH3 is 1. The van der Waals surface area contributed by atoms with Crippen LogP contribution in [0, 0.1) is 24.0 Å². The average molecular weight is 298 g/mol. The van der Waals surface area contributed by atoms with Crippen LogP contribution in [-0.4, -0.2) is 31.8 Å². The van der Waals surface area contributed by atoms with Gasteiger partial charge in [0.05, 0.1) is 11.5 Å². The molecular formula is C11H12ClN5O3. The molecule has 0 spiro atoms. The van der Waals surface area contributed by atoms with Crippen molar-refractivity contribution < 1.29 is 9.66 Å². The van der Waals surface area contributed by atoms with Gasteiger partial charge in [0.15, 0.2) is 5.69 Å². The third-order valence-corrected chi connectivity index (χ3v) is 2.84. The van der Waals surface area contributed by atoms with Crippen LogP contribution in [0.15, 0.2) is 6.07 Å². The van der Waals surface area contributed by atoms with Crippen molar-refractivity contribution in [2.45, 2.75) is 20.5 Å². The molecule has 2 aromatic heterocycles. The molecule has 2 rings (SSSR count). The van der Waals surface area contributed by atoms with Gasteiger partial charge in [-0.1, -0.05) is 11.6 Å². The summed E-state index contributed by atoms with van der Waals surface area (Å²) in [5, 5.41) is 15.0. The van der Waals surface area contributed by atoms with Gasteiger partial charge in [0.1, 0.15) is 0 Å². The summed E-state index contributed by atoms with van der Waals surface area (Å²) in [6.45, 7) is 3.56. The van der Waals surface area contributed by atoms with E-state index in [0.717, 1.165) is 16.1 Å². The Balaban J connectivity index is 2.62. The molecule has 106 valence electrons. The summed E-state index contributed by atoms with van der Waals surface area (Å²) in [7, 11) is 1.42. The third-order valence-electron chi connectivity index (χ3n) is 2.50. The predicted octanol–water partition coefficient (Wildman–Crippen LogP) is 1.99. The van der Waals surface area contributed by atoms with Crippen molar-refractivity contribution in [3.05, 3.63) is 38.4 Å². The van der Waals surface area contributed by atoms with Crippen molar-refractivity contribution in [2.24, 2.45) is 0 Å². The largest absolute Gasteiger partial charge is 0.378 e. The fourth-order valence-corrected chi connectivity index (χ4v) is 2.07. The molecule has 0 N–H and O–H groups in total. The SMILES string of the molecule is COCc1nn(-c2nc(C)cc(C)n2)c(Cl)c1[N+](=O)[O-]. The van der Waals surface area contributed by atoms with E-state index >= 15 is 0 Å². The first kappa shape index (κ1) is 14.4. The van der Waals surface area contributed by atoms with E-state index in [0.29, 0.717) is 0 Å². The molecule has 0 radical (unpaired) electrons. The van der Waals surface area contributed by atoms with Gasteiger partial charge >= 0.3 is 5.69 Å². The first-order chi connectivity index (χ1) is 9.43. The molecule has 2 heterocycles. The van der Waals surface area contributed by atoms with Gasteiger partial charge in [-0.15, -0.1) is 0 Å². The van der Waals surface area contributed by atoms with Gasteiger partial charge in [-0.05, 0) is 19.9 Å². The second-order valence-corrected chi connectivity index (χ2v) is 4.50. The van der Waals surface area contributed by atoms with Crippen LogP contribution < -0.4 is 0 Å². The molecule has 0 saturated carbocycles. The fourth-order valence-electron chi connectivity index (χ4n) is 1.78. The molecule has 9 heteroatoms. The van der Waals surface area contributed by atoms with Crippen LogP contribution >= 0.6 is 11.6 Å². The van der Waals surface area contributed by atoms with Crippen LogP contribution in [0.4, 0.5) is 5.69 Å². The lowest BCUT2D eigenvalue weighted by Gasteiger charge is -2.03. The highest BCUT2D eigenvalue weighted by Crippen LogP contribution is 2.30. The summed E-state index contributed by atoms with van der Waals surface area (Å²) in [6.07, 6.45) is 0. The molecule has 0 aliphatic carbocycles. The Morgan fingerprint density at radius 3 is 2.50 bits per heavy atom. The van der Waals surface area contributed by atoms with Gasteiger partial charge in [-0.2, -0.15) is 9.78 Å². The fraction of sp³-hybridized carbons (Fsp3) is 0.364. The van der Waals surface area contributed by atoms with Crippen molar-refractivity contribution in [1.29, 1.82) is 0 Å². The molecule has 0 unspecified atom stereocenters. The minimum absolute atomic E-state index is 0.0200. The van der Waals surface area contributed by atoms with Crippen LogP contribution in [0.2, 0.25) is 5.15 Å². The molecule has 0 aromatic carbocycles. The number of ether oxygens (including phenoxy) is 1. The van der Waals surface area contributed by atoms with Crippen LogP contribution in [0.25, 0.3) is 5.95 Å². The van der Waals surface area contributed by atoms with Crippen molar-refractivity contribution in [3.8, 4) is 5.95 Å². The standard InChI is InChI=1S/C11H12ClN5O3/c1-6-4-7(2)14-11(13-6)16-10(12)9(17(18)19)8(15-16)5-20-3/h4H,5H2,1-3H3. The minimum atomic E-state index is -0.594. The Morgan fingerprint density at radius 1 is 1.40 bits per heavy atom. The maximum Gasteiger partial charge on any atom is 0.332 e. The zero-order chi connectivity index (χ0) is 14.9. The van der Waals surface area contributed by atoms with Gasteiger partial charge in [0.25, 0.3) is 5.95 Å². The molecule has 20 heavy (non-hydrogen) atoms. The number of aromatic nitrogens is 4. The monoisotopic (exact) mass is 297 g/mol. The summed E-state index contributed by atoms with van der Waals surface area (Å²) in [5.74, 6) is 0.193. The smallest absolute Gasteiger partial charge is 0.332 e. The van der Waals surface area contributed by atoms with E-state index in [4.69, 9.17) is 16.3 Å². The summed E-state index contributed by atoms with van der Waals surface area (Å²) in [6, 6.07) is 1.78. The maximum atomic E-state index is 11.1. The second-order valence-electron chi connectivity index (χ2n) is 4.14. The van der Waals surface area contributed by atoms with E-state index in [1.807, 2.05) is 0 Å². The third kappa shape index (κ3) is 2.61. The highest BCUT2D eigenvalue weighted by atomic mass is 35.5. The predicted molar refractivity (Wildman–Crippen MR) is 71.0 cm³/mol. The number of nitro groups is 1. The van der Waals surface area contributed by atoms with Crippen molar-refractivity contribution in [1.82, 2.24) is 19.7 Å². The van der Waals surface area contributed by atoms with E-state index in [1.54, 1.807) is 19.9 Å². The van der Waals surface area contributed by atoms with Gasteiger partial charge in [-0.25, -0.2) is 9.97 Å².